The van der Waals surface area contributed by atoms with Gasteiger partial charge in [-0.2, -0.15) is 5.26 Å². The van der Waals surface area contributed by atoms with Crippen LogP contribution >= 0.6 is 11.6 Å². The number of nitrogens with zero attached hydrogens (tertiary/aromatic N) is 3. The van der Waals surface area contributed by atoms with Crippen molar-refractivity contribution in [2.45, 2.75) is 6.54 Å². The first-order valence-corrected chi connectivity index (χ1v) is 7.49. The van der Waals surface area contributed by atoms with Crippen LogP contribution in [0, 0.1) is 11.3 Å². The van der Waals surface area contributed by atoms with Crippen LogP contribution in [0.5, 0.6) is 0 Å². The van der Waals surface area contributed by atoms with Crippen LogP contribution in [0.1, 0.15) is 11.1 Å². The Hall–Kier alpha value is -2.84. The molecular formula is C17H11ClN4O. The van der Waals surface area contributed by atoms with Gasteiger partial charge in [-0.15, -0.1) is 0 Å². The van der Waals surface area contributed by atoms with Crippen molar-refractivity contribution in [1.82, 2.24) is 10.2 Å². The van der Waals surface area contributed by atoms with Gasteiger partial charge < -0.3 is 4.90 Å². The molecule has 23 heavy (non-hydrogen) atoms. The number of hydrogen-bond donors (Lipinski definition) is 1. The maximum absolute atomic E-state index is 11.5. The maximum Gasteiger partial charge on any atom is 0.246 e. The van der Waals surface area contributed by atoms with Gasteiger partial charge in [-0.3, -0.25) is 10.1 Å². The quantitative estimate of drug-likeness (QED) is 0.877. The maximum atomic E-state index is 11.5. The Bertz CT molecular complexity index is 896. The molecule has 1 fully saturated rings. The smallest absolute Gasteiger partial charge is 0.246 e. The second-order valence-corrected chi connectivity index (χ2v) is 5.83. The Kier molecular flexibility index (Phi) is 3.07. The van der Waals surface area contributed by atoms with E-state index in [1.807, 2.05) is 29.2 Å². The molecule has 5 nitrogen and oxygen atoms in total. The molecule has 1 N–H and O–H groups in total. The molecule has 0 radical (unpaired) electrons. The van der Waals surface area contributed by atoms with Gasteiger partial charge in [-0.1, -0.05) is 29.8 Å². The second kappa shape index (κ2) is 5.11. The molecule has 2 aliphatic heterocycles. The molecule has 0 bridgehead atoms. The number of fused-ring (bicyclic) bond motifs is 2. The molecule has 0 atom stereocenters. The van der Waals surface area contributed by atoms with E-state index < -0.39 is 0 Å². The number of halogens is 1. The first kappa shape index (κ1) is 13.8. The van der Waals surface area contributed by atoms with E-state index in [4.69, 9.17) is 16.9 Å². The Balaban J connectivity index is 1.77. The highest BCUT2D eigenvalue weighted by Crippen LogP contribution is 2.39. The Labute approximate surface area is 137 Å². The molecule has 0 unspecified atom stereocenters. The van der Waals surface area contributed by atoms with Crippen LogP contribution in [-0.4, -0.2) is 23.3 Å². The molecule has 0 spiro atoms. The highest BCUT2D eigenvalue weighted by atomic mass is 35.5. The molecule has 2 aromatic rings. The summed E-state index contributed by atoms with van der Waals surface area (Å²) in [6.07, 6.45) is 0. The number of guanidine groups is 1. The van der Waals surface area contributed by atoms with Crippen LogP contribution in [0.3, 0.4) is 0 Å². The number of hydrogen-bond acceptors (Lipinski definition) is 4. The molecule has 0 aromatic heterocycles. The SMILES string of the molecule is N#Cc1ccc(-c2ccc3c(c2Cl)CN2CC(=O)NC2=N3)cc1. The van der Waals surface area contributed by atoms with E-state index >= 15 is 0 Å². The van der Waals surface area contributed by atoms with E-state index in [1.54, 1.807) is 12.1 Å². The van der Waals surface area contributed by atoms with E-state index in [2.05, 4.69) is 16.4 Å². The highest BCUT2D eigenvalue weighted by Gasteiger charge is 2.30. The molecule has 2 aliphatic rings. The van der Waals surface area contributed by atoms with Gasteiger partial charge in [0.05, 0.1) is 22.3 Å². The Morgan fingerprint density at radius 3 is 2.70 bits per heavy atom. The summed E-state index contributed by atoms with van der Waals surface area (Å²) in [4.78, 5) is 17.8. The molecule has 2 heterocycles. The third-order valence-electron chi connectivity index (χ3n) is 4.00. The van der Waals surface area contributed by atoms with Crippen molar-refractivity contribution in [3.8, 4) is 17.2 Å². The van der Waals surface area contributed by atoms with E-state index in [-0.39, 0.29) is 5.91 Å². The van der Waals surface area contributed by atoms with Crippen molar-refractivity contribution >= 4 is 29.2 Å². The van der Waals surface area contributed by atoms with Crippen molar-refractivity contribution in [2.24, 2.45) is 4.99 Å². The summed E-state index contributed by atoms with van der Waals surface area (Å²) in [5.41, 5.74) is 4.14. The van der Waals surface area contributed by atoms with Gasteiger partial charge in [0.2, 0.25) is 11.9 Å². The van der Waals surface area contributed by atoms with E-state index in [0.29, 0.717) is 29.6 Å². The first-order valence-electron chi connectivity index (χ1n) is 7.11. The molecule has 112 valence electrons. The number of amides is 1. The minimum Gasteiger partial charge on any atom is -0.329 e. The van der Waals surface area contributed by atoms with Crippen molar-refractivity contribution < 1.29 is 4.79 Å². The average molecular weight is 323 g/mol. The fraction of sp³-hybridized carbons (Fsp3) is 0.118. The molecule has 1 amide bonds. The summed E-state index contributed by atoms with van der Waals surface area (Å²) in [6.45, 7) is 0.853. The van der Waals surface area contributed by atoms with Crippen molar-refractivity contribution in [3.63, 3.8) is 0 Å². The van der Waals surface area contributed by atoms with E-state index in [0.717, 1.165) is 22.4 Å². The summed E-state index contributed by atoms with van der Waals surface area (Å²) < 4.78 is 0. The molecule has 6 heteroatoms. The van der Waals surface area contributed by atoms with Gasteiger partial charge in [-0.25, -0.2) is 4.99 Å². The van der Waals surface area contributed by atoms with Gasteiger partial charge in [0.15, 0.2) is 0 Å². The monoisotopic (exact) mass is 322 g/mol. The molecule has 2 aromatic carbocycles. The molecule has 0 saturated carbocycles. The molecule has 0 aliphatic carbocycles. The predicted molar refractivity (Wildman–Crippen MR) is 87.3 cm³/mol. The normalized spacial score (nSPS) is 15.4. The number of carbonyl (C=O) groups is 1. The fourth-order valence-electron chi connectivity index (χ4n) is 2.84. The summed E-state index contributed by atoms with van der Waals surface area (Å²) >= 11 is 6.60. The standard InChI is InChI=1S/C17H11ClN4O/c18-16-12(11-3-1-10(7-19)2-4-11)5-6-14-13(16)8-22-9-15(23)21-17(22)20-14/h1-6H,8-9H2,(H,20,21,23). The highest BCUT2D eigenvalue weighted by molar-refractivity contribution is 6.34. The molecular weight excluding hydrogens is 312 g/mol. The number of nitriles is 1. The first-order chi connectivity index (χ1) is 11.2. The molecule has 4 rings (SSSR count). The van der Waals surface area contributed by atoms with Gasteiger partial charge >= 0.3 is 0 Å². The van der Waals surface area contributed by atoms with Gasteiger partial charge in [-0.05, 0) is 23.8 Å². The Morgan fingerprint density at radius 2 is 1.96 bits per heavy atom. The van der Waals surface area contributed by atoms with Crippen LogP contribution in [0.25, 0.3) is 11.1 Å². The van der Waals surface area contributed by atoms with E-state index in [1.165, 1.54) is 0 Å². The van der Waals surface area contributed by atoms with E-state index in [9.17, 15) is 4.79 Å². The second-order valence-electron chi connectivity index (χ2n) is 5.45. The van der Waals surface area contributed by atoms with Crippen LogP contribution in [0.2, 0.25) is 5.02 Å². The zero-order valence-corrected chi connectivity index (χ0v) is 12.8. The lowest BCUT2D eigenvalue weighted by molar-refractivity contribution is -0.118. The summed E-state index contributed by atoms with van der Waals surface area (Å²) in [7, 11) is 0. The van der Waals surface area contributed by atoms with Crippen molar-refractivity contribution in [2.75, 3.05) is 6.54 Å². The fourth-order valence-corrected chi connectivity index (χ4v) is 3.17. The lowest BCUT2D eigenvalue weighted by Crippen LogP contribution is -2.32. The van der Waals surface area contributed by atoms with Crippen LogP contribution in [0.15, 0.2) is 41.4 Å². The number of rotatable bonds is 1. The number of aliphatic imine (C=N–C) groups is 1. The summed E-state index contributed by atoms with van der Waals surface area (Å²) in [5.74, 6) is 0.532. The zero-order chi connectivity index (χ0) is 16.0. The van der Waals surface area contributed by atoms with Gasteiger partial charge in [0.25, 0.3) is 0 Å². The van der Waals surface area contributed by atoms with Crippen LogP contribution in [-0.2, 0) is 11.3 Å². The average Bonchev–Trinajstić information content (AvgIpc) is 2.93. The number of carbonyl (C=O) groups excluding carboxylic acids is 1. The topological polar surface area (TPSA) is 68.5 Å². The minimum atomic E-state index is -0.0556. The largest absolute Gasteiger partial charge is 0.329 e. The summed E-state index contributed by atoms with van der Waals surface area (Å²) in [5, 5.41) is 12.3. The van der Waals surface area contributed by atoms with Crippen LogP contribution < -0.4 is 5.32 Å². The predicted octanol–water partition coefficient (Wildman–Crippen LogP) is 2.81. The Morgan fingerprint density at radius 1 is 1.17 bits per heavy atom. The van der Waals surface area contributed by atoms with Crippen LogP contribution in [0.4, 0.5) is 5.69 Å². The summed E-state index contributed by atoms with van der Waals surface area (Å²) in [6, 6.07) is 13.2. The molecule has 1 saturated heterocycles. The number of benzene rings is 2. The van der Waals surface area contributed by atoms with Crippen molar-refractivity contribution in [1.29, 1.82) is 5.26 Å². The third kappa shape index (κ3) is 2.24. The zero-order valence-electron chi connectivity index (χ0n) is 12.0. The minimum absolute atomic E-state index is 0.0556. The third-order valence-corrected chi connectivity index (χ3v) is 4.44. The van der Waals surface area contributed by atoms with Gasteiger partial charge in [0, 0.05) is 17.7 Å². The number of nitrogens with one attached hydrogen (secondary N) is 1. The lowest BCUT2D eigenvalue weighted by Gasteiger charge is -2.24. The van der Waals surface area contributed by atoms with Gasteiger partial charge in [0.1, 0.15) is 6.54 Å². The lowest BCUT2D eigenvalue weighted by atomic mass is 10.00. The van der Waals surface area contributed by atoms with Crippen molar-refractivity contribution in [3.05, 3.63) is 52.5 Å².